The Morgan fingerprint density at radius 1 is 1.22 bits per heavy atom. The van der Waals surface area contributed by atoms with Gasteiger partial charge in [0.15, 0.2) is 5.79 Å². The second-order valence-corrected chi connectivity index (χ2v) is 7.31. The average Bonchev–Trinajstić information content (AvgIpc) is 2.99. The minimum absolute atomic E-state index is 0.0855. The van der Waals surface area contributed by atoms with Crippen molar-refractivity contribution < 1.29 is 9.47 Å². The maximum Gasteiger partial charge on any atom is 0.163 e. The van der Waals surface area contributed by atoms with Crippen molar-refractivity contribution >= 4 is 18.0 Å². The Hall–Kier alpha value is -2.71. The predicted octanol–water partition coefficient (Wildman–Crippen LogP) is 3.82. The van der Waals surface area contributed by atoms with Gasteiger partial charge in [0.1, 0.15) is 28.2 Å². The number of benzene rings is 1. The molecule has 0 spiro atoms. The van der Waals surface area contributed by atoms with Crippen LogP contribution in [-0.4, -0.2) is 23.5 Å². The molecule has 1 aliphatic rings. The highest BCUT2D eigenvalue weighted by Crippen LogP contribution is 2.31. The van der Waals surface area contributed by atoms with Gasteiger partial charge in [-0.1, -0.05) is 36.5 Å². The molecule has 2 heterocycles. The van der Waals surface area contributed by atoms with Crippen LogP contribution in [0, 0.1) is 27.3 Å². The zero-order valence-corrected chi connectivity index (χ0v) is 16.0. The number of nitrogen functional groups attached to an aromatic ring is 1. The number of aromatic nitrogens is 1. The van der Waals surface area contributed by atoms with Gasteiger partial charge in [0.05, 0.1) is 18.3 Å². The van der Waals surface area contributed by atoms with E-state index < -0.39 is 5.79 Å². The predicted molar refractivity (Wildman–Crippen MR) is 104 cm³/mol. The fourth-order valence-corrected chi connectivity index (χ4v) is 3.46. The molecule has 3 N–H and O–H groups in total. The van der Waals surface area contributed by atoms with Gasteiger partial charge in [0.2, 0.25) is 0 Å². The molecule has 1 atom stereocenters. The Morgan fingerprint density at radius 3 is 2.44 bits per heavy atom. The van der Waals surface area contributed by atoms with E-state index in [9.17, 15) is 10.5 Å². The molecular weight excluding hydrogens is 360 g/mol. The maximum absolute atomic E-state index is 9.46. The van der Waals surface area contributed by atoms with Gasteiger partial charge in [-0.2, -0.15) is 10.5 Å². The number of nitriles is 2. The Bertz CT molecular complexity index is 997. The number of aromatic amines is 1. The summed E-state index contributed by atoms with van der Waals surface area (Å²) in [5.74, 6) is -0.344. The molecule has 1 saturated heterocycles. The maximum atomic E-state index is 9.46. The lowest BCUT2D eigenvalue weighted by molar-refractivity contribution is -0.138. The smallest absolute Gasteiger partial charge is 0.163 e. The van der Waals surface area contributed by atoms with Crippen LogP contribution in [0.25, 0.3) is 11.1 Å². The van der Waals surface area contributed by atoms with Gasteiger partial charge in [-0.3, -0.25) is 0 Å². The van der Waals surface area contributed by atoms with Crippen molar-refractivity contribution in [3.05, 3.63) is 45.6 Å². The van der Waals surface area contributed by atoms with Crippen LogP contribution in [0.15, 0.2) is 24.3 Å². The first-order valence-corrected chi connectivity index (χ1v) is 9.02. The molecule has 1 aromatic carbocycles. The molecule has 0 amide bonds. The lowest BCUT2D eigenvalue weighted by Crippen LogP contribution is -2.21. The first kappa shape index (κ1) is 19.1. The molecule has 1 aromatic heterocycles. The summed E-state index contributed by atoms with van der Waals surface area (Å²) >= 11 is 5.19. The molecule has 1 aliphatic heterocycles. The number of ether oxygens (including phenoxy) is 2. The zero-order chi connectivity index (χ0) is 19.6. The van der Waals surface area contributed by atoms with Crippen molar-refractivity contribution in [1.29, 1.82) is 10.5 Å². The summed E-state index contributed by atoms with van der Waals surface area (Å²) in [6.07, 6.45) is 1.79. The summed E-state index contributed by atoms with van der Waals surface area (Å²) in [6, 6.07) is 11.9. The first-order chi connectivity index (χ1) is 12.8. The van der Waals surface area contributed by atoms with Crippen LogP contribution in [0.3, 0.4) is 0 Å². The molecule has 0 bridgehead atoms. The quantitative estimate of drug-likeness (QED) is 0.781. The van der Waals surface area contributed by atoms with Crippen molar-refractivity contribution in [2.24, 2.45) is 0 Å². The van der Waals surface area contributed by atoms with Crippen LogP contribution in [0.1, 0.15) is 37.0 Å². The first-order valence-electron chi connectivity index (χ1n) is 8.61. The van der Waals surface area contributed by atoms with E-state index in [1.165, 1.54) is 0 Å². The summed E-state index contributed by atoms with van der Waals surface area (Å²) in [6.45, 7) is 4.43. The second-order valence-electron chi connectivity index (χ2n) is 6.90. The third-order valence-electron chi connectivity index (χ3n) is 4.53. The van der Waals surface area contributed by atoms with Gasteiger partial charge in [-0.05, 0) is 37.8 Å². The van der Waals surface area contributed by atoms with Crippen LogP contribution in [-0.2, 0) is 15.9 Å². The van der Waals surface area contributed by atoms with E-state index in [4.69, 9.17) is 27.4 Å². The largest absolute Gasteiger partial charge is 0.384 e. The molecule has 0 aliphatic carbocycles. The molecule has 138 valence electrons. The highest BCUT2D eigenvalue weighted by atomic mass is 32.1. The molecule has 0 saturated carbocycles. The zero-order valence-electron chi connectivity index (χ0n) is 15.2. The van der Waals surface area contributed by atoms with Crippen LogP contribution in [0.2, 0.25) is 0 Å². The molecule has 0 radical (unpaired) electrons. The number of hydrogen-bond donors (Lipinski definition) is 2. The van der Waals surface area contributed by atoms with E-state index >= 15 is 0 Å². The lowest BCUT2D eigenvalue weighted by atomic mass is 9.95. The summed E-state index contributed by atoms with van der Waals surface area (Å²) in [5, 5.41) is 18.9. The monoisotopic (exact) mass is 380 g/mol. The summed E-state index contributed by atoms with van der Waals surface area (Å²) < 4.78 is 11.6. The highest BCUT2D eigenvalue weighted by Gasteiger charge is 2.32. The van der Waals surface area contributed by atoms with Crippen LogP contribution >= 0.6 is 12.2 Å². The van der Waals surface area contributed by atoms with E-state index in [2.05, 4.69) is 17.1 Å². The van der Waals surface area contributed by atoms with E-state index in [-0.39, 0.29) is 27.7 Å². The van der Waals surface area contributed by atoms with Crippen LogP contribution < -0.4 is 5.73 Å². The average molecular weight is 380 g/mol. The van der Waals surface area contributed by atoms with E-state index in [0.717, 1.165) is 24.0 Å². The molecule has 7 heteroatoms. The van der Waals surface area contributed by atoms with E-state index in [0.29, 0.717) is 12.2 Å². The van der Waals surface area contributed by atoms with Gasteiger partial charge in [-0.15, -0.1) is 0 Å². The van der Waals surface area contributed by atoms with Gasteiger partial charge in [0, 0.05) is 5.56 Å². The molecule has 27 heavy (non-hydrogen) atoms. The number of nitrogens with one attached hydrogen (secondary N) is 1. The van der Waals surface area contributed by atoms with Gasteiger partial charge in [0.25, 0.3) is 0 Å². The van der Waals surface area contributed by atoms with Crippen molar-refractivity contribution in [2.75, 3.05) is 12.3 Å². The number of H-pyrrole nitrogens is 1. The van der Waals surface area contributed by atoms with E-state index in [1.807, 2.05) is 38.1 Å². The van der Waals surface area contributed by atoms with Gasteiger partial charge in [-0.25, -0.2) is 0 Å². The van der Waals surface area contributed by atoms with Crippen LogP contribution in [0.5, 0.6) is 0 Å². The molecular formula is C20H20N4O2S. The number of nitrogens with two attached hydrogens (primary N) is 1. The summed E-state index contributed by atoms with van der Waals surface area (Å²) in [7, 11) is 0. The van der Waals surface area contributed by atoms with Crippen molar-refractivity contribution in [3.63, 3.8) is 0 Å². The Balaban J connectivity index is 1.84. The number of nitrogens with zero attached hydrogens (tertiary/aromatic N) is 2. The second kappa shape index (κ2) is 7.50. The third-order valence-corrected chi connectivity index (χ3v) is 4.84. The Morgan fingerprint density at radius 2 is 1.89 bits per heavy atom. The third kappa shape index (κ3) is 4.01. The number of anilines is 1. The Kier molecular flexibility index (Phi) is 5.29. The van der Waals surface area contributed by atoms with Crippen molar-refractivity contribution in [1.82, 2.24) is 4.98 Å². The fraction of sp³-hybridized carbons (Fsp3) is 0.350. The summed E-state index contributed by atoms with van der Waals surface area (Å²) in [5.41, 5.74) is 8.71. The van der Waals surface area contributed by atoms with Crippen molar-refractivity contribution in [3.8, 4) is 23.3 Å². The number of rotatable bonds is 4. The van der Waals surface area contributed by atoms with Crippen LogP contribution in [0.4, 0.5) is 5.82 Å². The number of hydrogen-bond acceptors (Lipinski definition) is 6. The molecule has 6 nitrogen and oxygen atoms in total. The van der Waals surface area contributed by atoms with Gasteiger partial charge >= 0.3 is 0 Å². The normalized spacial score (nSPS) is 18.0. The van der Waals surface area contributed by atoms with E-state index in [1.54, 1.807) is 0 Å². The molecule has 3 rings (SSSR count). The molecule has 1 fully saturated rings. The van der Waals surface area contributed by atoms with Gasteiger partial charge < -0.3 is 20.2 Å². The SMILES string of the molecule is CC1(C)OCC(CCc2ccc(-c3c(C#N)c(N)[nH]c(=S)c3C#N)cc2)O1. The minimum atomic E-state index is -0.512. The minimum Gasteiger partial charge on any atom is -0.384 e. The standard InChI is InChI=1S/C20H20N4O2S/c1-20(2)25-11-14(26-20)8-5-12-3-6-13(7-4-12)17-15(9-21)18(23)24-19(27)16(17)10-22/h3-4,6-7,14H,5,8,11H2,1-2H3,(H3,23,24,27). The van der Waals surface area contributed by atoms with Crippen molar-refractivity contribution in [2.45, 2.75) is 38.6 Å². The number of pyridine rings is 1. The lowest BCUT2D eigenvalue weighted by Gasteiger charge is -2.17. The number of aryl methyl sites for hydroxylation is 1. The Labute approximate surface area is 163 Å². The molecule has 2 aromatic rings. The topological polar surface area (TPSA) is 108 Å². The fourth-order valence-electron chi connectivity index (χ4n) is 3.20. The highest BCUT2D eigenvalue weighted by molar-refractivity contribution is 7.71. The summed E-state index contributed by atoms with van der Waals surface area (Å²) in [4.78, 5) is 2.71. The molecule has 1 unspecified atom stereocenters.